The lowest BCUT2D eigenvalue weighted by Gasteiger charge is -2.36. The second-order valence-electron chi connectivity index (χ2n) is 9.87. The maximum Gasteiger partial charge on any atom is 0.229 e. The van der Waals surface area contributed by atoms with Gasteiger partial charge in [-0.3, -0.25) is 0 Å². The largest absolute Gasteiger partial charge is 0.368 e. The molecule has 4 heterocycles. The lowest BCUT2D eigenvalue weighted by atomic mass is 9.98. The molecule has 2 N–H and O–H groups in total. The Kier molecular flexibility index (Phi) is 6.72. The molecule has 36 heavy (non-hydrogen) atoms. The molecule has 2 aromatic rings. The number of aromatic nitrogens is 2. The molecule has 0 spiro atoms. The van der Waals surface area contributed by atoms with Crippen LogP contribution in [0.1, 0.15) is 31.2 Å². The fourth-order valence-corrected chi connectivity index (χ4v) is 6.45. The molecule has 0 saturated carbocycles. The van der Waals surface area contributed by atoms with Gasteiger partial charge in [0.2, 0.25) is 16.0 Å². The molecule has 2 atom stereocenters. The zero-order valence-electron chi connectivity index (χ0n) is 20.5. The lowest BCUT2D eigenvalue weighted by Crippen LogP contribution is -2.48. The van der Waals surface area contributed by atoms with Crippen molar-refractivity contribution in [3.8, 4) is 6.07 Å². The molecule has 1 aromatic heterocycles. The first-order valence-electron chi connectivity index (χ1n) is 12.2. The summed E-state index contributed by atoms with van der Waals surface area (Å²) >= 11 is 0. The minimum absolute atomic E-state index is 0.170. The predicted octanol–water partition coefficient (Wildman–Crippen LogP) is 2.35. The van der Waals surface area contributed by atoms with Crippen molar-refractivity contribution in [2.24, 2.45) is 0 Å². The number of anilines is 4. The minimum Gasteiger partial charge on any atom is -0.368 e. The molecular weight excluding hydrogens is 483 g/mol. The van der Waals surface area contributed by atoms with Crippen molar-refractivity contribution >= 4 is 33.2 Å². The Morgan fingerprint density at radius 3 is 2.47 bits per heavy atom. The van der Waals surface area contributed by atoms with E-state index in [1.165, 1.54) is 23.4 Å². The van der Waals surface area contributed by atoms with E-state index < -0.39 is 15.8 Å². The number of piperazine rings is 1. The zero-order chi connectivity index (χ0) is 25.4. The number of fused-ring (bicyclic) bond motifs is 2. The fraction of sp³-hybridized carbons (Fsp3) is 0.542. The molecular formula is C24H31FN8O2S. The van der Waals surface area contributed by atoms with Gasteiger partial charge < -0.3 is 20.4 Å². The van der Waals surface area contributed by atoms with E-state index in [1.54, 1.807) is 6.07 Å². The second-order valence-corrected chi connectivity index (χ2v) is 11.9. The summed E-state index contributed by atoms with van der Waals surface area (Å²) in [6.45, 7) is 1.76. The first kappa shape index (κ1) is 24.7. The van der Waals surface area contributed by atoms with Gasteiger partial charge in [0.05, 0.1) is 23.7 Å². The first-order valence-corrected chi connectivity index (χ1v) is 14.1. The highest BCUT2D eigenvalue weighted by molar-refractivity contribution is 7.88. The maximum absolute atomic E-state index is 14.5. The van der Waals surface area contributed by atoms with Crippen molar-refractivity contribution in [3.63, 3.8) is 0 Å². The van der Waals surface area contributed by atoms with Gasteiger partial charge in [-0.1, -0.05) is 0 Å². The van der Waals surface area contributed by atoms with Crippen molar-refractivity contribution < 1.29 is 12.8 Å². The number of halogens is 1. The first-order chi connectivity index (χ1) is 17.2. The number of piperidine rings is 1. The van der Waals surface area contributed by atoms with Crippen LogP contribution < -0.4 is 15.5 Å². The van der Waals surface area contributed by atoms with Crippen LogP contribution in [0.5, 0.6) is 0 Å². The third-order valence-electron chi connectivity index (χ3n) is 7.60. The summed E-state index contributed by atoms with van der Waals surface area (Å²) in [4.78, 5) is 12.9. The Bertz CT molecular complexity index is 1260. The van der Waals surface area contributed by atoms with E-state index in [-0.39, 0.29) is 17.8 Å². The summed E-state index contributed by atoms with van der Waals surface area (Å²) in [5, 5.41) is 16.1. The molecule has 3 aliphatic rings. The van der Waals surface area contributed by atoms with Gasteiger partial charge in [-0.05, 0) is 50.9 Å². The highest BCUT2D eigenvalue weighted by Crippen LogP contribution is 2.35. The van der Waals surface area contributed by atoms with E-state index in [0.29, 0.717) is 49.5 Å². The van der Waals surface area contributed by atoms with Crippen LogP contribution in [0.15, 0.2) is 24.4 Å². The van der Waals surface area contributed by atoms with E-state index in [0.717, 1.165) is 24.7 Å². The van der Waals surface area contributed by atoms with Crippen LogP contribution in [-0.4, -0.2) is 85.2 Å². The van der Waals surface area contributed by atoms with Crippen LogP contribution in [0.4, 0.5) is 27.5 Å². The van der Waals surface area contributed by atoms with Gasteiger partial charge in [-0.2, -0.15) is 14.6 Å². The van der Waals surface area contributed by atoms with Crippen molar-refractivity contribution in [1.82, 2.24) is 19.2 Å². The summed E-state index contributed by atoms with van der Waals surface area (Å²) in [7, 11) is -1.06. The smallest absolute Gasteiger partial charge is 0.229 e. The van der Waals surface area contributed by atoms with Crippen molar-refractivity contribution in [2.75, 3.05) is 55.0 Å². The molecule has 0 amide bonds. The normalized spacial score (nSPS) is 24.9. The number of benzene rings is 1. The van der Waals surface area contributed by atoms with Crippen LogP contribution in [0.2, 0.25) is 0 Å². The average molecular weight is 515 g/mol. The Hall–Kier alpha value is -3.01. The molecule has 10 nitrogen and oxygen atoms in total. The van der Waals surface area contributed by atoms with Crippen LogP contribution in [0.3, 0.4) is 0 Å². The van der Waals surface area contributed by atoms with Crippen LogP contribution >= 0.6 is 0 Å². The van der Waals surface area contributed by atoms with Gasteiger partial charge in [0.1, 0.15) is 6.07 Å². The van der Waals surface area contributed by atoms with Gasteiger partial charge in [0.15, 0.2) is 11.6 Å². The summed E-state index contributed by atoms with van der Waals surface area (Å²) in [6.07, 6.45) is 6.66. The molecule has 3 aliphatic heterocycles. The predicted molar refractivity (Wildman–Crippen MR) is 136 cm³/mol. The SMILES string of the molecule is CN1C2CCC1CC(Nc1nc(Nc3ccc(N4CCN(S(C)(=O)=O)CC4)c(C#N)c3)ncc1F)C2. The van der Waals surface area contributed by atoms with Gasteiger partial charge in [-0.25, -0.2) is 17.8 Å². The molecule has 12 heteroatoms. The summed E-state index contributed by atoms with van der Waals surface area (Å²) in [6, 6.07) is 8.79. The zero-order valence-corrected chi connectivity index (χ0v) is 21.3. The standard InChI is InChI=1S/C24H31FN8O2S/c1-31-19-4-5-20(31)13-18(12-19)28-23-21(25)15-27-24(30-23)29-17-3-6-22(16(11-17)14-26)32-7-9-33(10-8-32)36(2,34)35/h3,6,11,15,18-20H,4-5,7-10,12-13H2,1-2H3,(H2,27,28,29,30). The fourth-order valence-electron chi connectivity index (χ4n) is 5.62. The number of nitriles is 1. The molecule has 0 radical (unpaired) electrons. The van der Waals surface area contributed by atoms with Crippen LogP contribution in [0.25, 0.3) is 0 Å². The Labute approximate surface area is 211 Å². The summed E-state index contributed by atoms with van der Waals surface area (Å²) < 4.78 is 39.5. The molecule has 5 rings (SSSR count). The topological polar surface area (TPSA) is 117 Å². The van der Waals surface area contributed by atoms with E-state index in [1.807, 2.05) is 17.0 Å². The van der Waals surface area contributed by atoms with Gasteiger partial charge in [-0.15, -0.1) is 0 Å². The van der Waals surface area contributed by atoms with Crippen molar-refractivity contribution in [2.45, 2.75) is 43.8 Å². The van der Waals surface area contributed by atoms with Gasteiger partial charge in [0, 0.05) is 50.0 Å². The van der Waals surface area contributed by atoms with Crippen molar-refractivity contribution in [1.29, 1.82) is 5.26 Å². The monoisotopic (exact) mass is 514 g/mol. The average Bonchev–Trinajstić information content (AvgIpc) is 3.05. The van der Waals surface area contributed by atoms with E-state index >= 15 is 0 Å². The van der Waals surface area contributed by atoms with Gasteiger partial charge in [0.25, 0.3) is 0 Å². The van der Waals surface area contributed by atoms with E-state index in [2.05, 4.69) is 38.6 Å². The van der Waals surface area contributed by atoms with E-state index in [4.69, 9.17) is 0 Å². The molecule has 3 saturated heterocycles. The summed E-state index contributed by atoms with van der Waals surface area (Å²) in [5.41, 5.74) is 1.81. The number of sulfonamides is 1. The highest BCUT2D eigenvalue weighted by Gasteiger charge is 2.38. The molecule has 192 valence electrons. The molecule has 1 aromatic carbocycles. The third kappa shape index (κ3) is 5.09. The molecule has 2 unspecified atom stereocenters. The number of rotatable bonds is 6. The Balaban J connectivity index is 1.27. The number of hydrogen-bond donors (Lipinski definition) is 2. The molecule has 3 fully saturated rings. The van der Waals surface area contributed by atoms with E-state index in [9.17, 15) is 18.1 Å². The highest BCUT2D eigenvalue weighted by atomic mass is 32.2. The van der Waals surface area contributed by atoms with Crippen LogP contribution in [-0.2, 0) is 10.0 Å². The number of hydrogen-bond acceptors (Lipinski definition) is 9. The number of nitrogens with one attached hydrogen (secondary N) is 2. The second kappa shape index (κ2) is 9.80. The maximum atomic E-state index is 14.5. The third-order valence-corrected chi connectivity index (χ3v) is 8.91. The van der Waals surface area contributed by atoms with Crippen LogP contribution in [0, 0.1) is 17.1 Å². The van der Waals surface area contributed by atoms with Gasteiger partial charge >= 0.3 is 0 Å². The Morgan fingerprint density at radius 2 is 1.83 bits per heavy atom. The molecule has 2 bridgehead atoms. The quantitative estimate of drug-likeness (QED) is 0.599. The van der Waals surface area contributed by atoms with Crippen molar-refractivity contribution in [3.05, 3.63) is 35.8 Å². The summed E-state index contributed by atoms with van der Waals surface area (Å²) in [5.74, 6) is -0.0661. The number of nitrogens with zero attached hydrogens (tertiary/aromatic N) is 6. The minimum atomic E-state index is -3.23. The Morgan fingerprint density at radius 1 is 1.14 bits per heavy atom. The lowest BCUT2D eigenvalue weighted by molar-refractivity contribution is 0.168. The molecule has 0 aliphatic carbocycles.